The third kappa shape index (κ3) is 4.37. The van der Waals surface area contributed by atoms with E-state index in [1.807, 2.05) is 31.2 Å². The quantitative estimate of drug-likeness (QED) is 0.780. The van der Waals surface area contributed by atoms with Crippen LogP contribution in [0.4, 0.5) is 0 Å². The molecule has 0 amide bonds. The molecule has 0 fully saturated rings. The highest BCUT2D eigenvalue weighted by Crippen LogP contribution is 2.23. The van der Waals surface area contributed by atoms with Crippen LogP contribution in [0.3, 0.4) is 0 Å². The molecule has 0 bridgehead atoms. The molecule has 2 aromatic rings. The molecule has 21 heavy (non-hydrogen) atoms. The molecular weight excluding hydrogens is 304 g/mol. The predicted molar refractivity (Wildman–Crippen MR) is 86.4 cm³/mol. The van der Waals surface area contributed by atoms with Gasteiger partial charge < -0.3 is 4.74 Å². The molecule has 0 radical (unpaired) electrons. The maximum absolute atomic E-state index is 12.1. The molecule has 0 heterocycles. The van der Waals surface area contributed by atoms with E-state index >= 15 is 0 Å². The zero-order valence-corrected chi connectivity index (χ0v) is 13.4. The maximum atomic E-state index is 12.1. The van der Waals surface area contributed by atoms with Crippen LogP contribution in [0.15, 0.2) is 69.1 Å². The van der Waals surface area contributed by atoms with Crippen LogP contribution in [-0.4, -0.2) is 15.5 Å². The van der Waals surface area contributed by atoms with Gasteiger partial charge in [-0.05, 0) is 48.7 Å². The number of hydrogen-bond acceptors (Lipinski definition) is 4. The smallest absolute Gasteiger partial charge is 0.200 e. The van der Waals surface area contributed by atoms with Gasteiger partial charge in [-0.3, -0.25) is 0 Å². The lowest BCUT2D eigenvalue weighted by atomic mass is 10.2. The average Bonchev–Trinajstić information content (AvgIpc) is 2.48. The standard InChI is InChI=1S/C16H16O3S2/c1-13-3-9-16(10-4-13)21(17,18)12-11-20-15-7-5-14(19-2)6-8-15/h3-12H,1-2H3/b12-11+. The number of thioether (sulfide) groups is 1. The van der Waals surface area contributed by atoms with Gasteiger partial charge in [0.25, 0.3) is 0 Å². The Labute approximate surface area is 129 Å². The van der Waals surface area contributed by atoms with E-state index in [9.17, 15) is 8.42 Å². The fraction of sp³-hybridized carbons (Fsp3) is 0.125. The van der Waals surface area contributed by atoms with Gasteiger partial charge in [0.1, 0.15) is 5.75 Å². The molecule has 0 aromatic heterocycles. The first kappa shape index (κ1) is 15.7. The fourth-order valence-corrected chi connectivity index (χ4v) is 3.57. The van der Waals surface area contributed by atoms with Gasteiger partial charge in [-0.1, -0.05) is 29.5 Å². The third-order valence-electron chi connectivity index (χ3n) is 2.85. The Morgan fingerprint density at radius 3 is 2.19 bits per heavy atom. The van der Waals surface area contributed by atoms with E-state index < -0.39 is 9.84 Å². The molecule has 0 saturated heterocycles. The van der Waals surface area contributed by atoms with Crippen LogP contribution in [0, 0.1) is 6.92 Å². The summed E-state index contributed by atoms with van der Waals surface area (Å²) in [5, 5.41) is 2.81. The Kier molecular flexibility index (Phi) is 5.09. The third-order valence-corrected chi connectivity index (χ3v) is 5.26. The van der Waals surface area contributed by atoms with Gasteiger partial charge in [-0.15, -0.1) is 0 Å². The second-order valence-electron chi connectivity index (χ2n) is 4.42. The molecule has 3 nitrogen and oxygen atoms in total. The van der Waals surface area contributed by atoms with E-state index in [1.54, 1.807) is 36.8 Å². The minimum Gasteiger partial charge on any atom is -0.497 e. The lowest BCUT2D eigenvalue weighted by Crippen LogP contribution is -1.95. The van der Waals surface area contributed by atoms with Gasteiger partial charge in [0.2, 0.25) is 0 Å². The number of aryl methyl sites for hydroxylation is 1. The monoisotopic (exact) mass is 320 g/mol. The van der Waals surface area contributed by atoms with Crippen molar-refractivity contribution in [3.05, 3.63) is 64.9 Å². The summed E-state index contributed by atoms with van der Waals surface area (Å²) in [6, 6.07) is 14.3. The largest absolute Gasteiger partial charge is 0.497 e. The van der Waals surface area contributed by atoms with Crippen molar-refractivity contribution in [3.8, 4) is 5.75 Å². The Morgan fingerprint density at radius 2 is 1.62 bits per heavy atom. The summed E-state index contributed by atoms with van der Waals surface area (Å²) >= 11 is 1.35. The van der Waals surface area contributed by atoms with Crippen LogP contribution in [0.25, 0.3) is 0 Å². The van der Waals surface area contributed by atoms with Crippen LogP contribution in [0.2, 0.25) is 0 Å². The maximum Gasteiger partial charge on any atom is 0.200 e. The van der Waals surface area contributed by atoms with E-state index in [2.05, 4.69) is 0 Å². The molecule has 0 saturated carbocycles. The van der Waals surface area contributed by atoms with Crippen molar-refractivity contribution in [3.63, 3.8) is 0 Å². The van der Waals surface area contributed by atoms with Gasteiger partial charge in [0, 0.05) is 10.3 Å². The zero-order valence-electron chi connectivity index (χ0n) is 11.8. The molecule has 0 N–H and O–H groups in total. The van der Waals surface area contributed by atoms with Crippen LogP contribution in [0.5, 0.6) is 5.75 Å². The van der Waals surface area contributed by atoms with Crippen molar-refractivity contribution in [2.75, 3.05) is 7.11 Å². The number of sulfone groups is 1. The highest BCUT2D eigenvalue weighted by Gasteiger charge is 2.09. The van der Waals surface area contributed by atoms with Crippen LogP contribution >= 0.6 is 11.8 Å². The van der Waals surface area contributed by atoms with E-state index in [-0.39, 0.29) is 0 Å². The molecule has 0 unspecified atom stereocenters. The first-order valence-electron chi connectivity index (χ1n) is 6.30. The predicted octanol–water partition coefficient (Wildman–Crippen LogP) is 4.04. The summed E-state index contributed by atoms with van der Waals surface area (Å²) in [4.78, 5) is 1.26. The van der Waals surface area contributed by atoms with E-state index in [0.29, 0.717) is 4.90 Å². The lowest BCUT2D eigenvalue weighted by Gasteiger charge is -2.01. The SMILES string of the molecule is COc1ccc(S/C=C/S(=O)(=O)c2ccc(C)cc2)cc1. The summed E-state index contributed by atoms with van der Waals surface area (Å²) in [6.45, 7) is 1.92. The molecular formula is C16H16O3S2. The average molecular weight is 320 g/mol. The topological polar surface area (TPSA) is 43.4 Å². The van der Waals surface area contributed by atoms with E-state index in [4.69, 9.17) is 4.74 Å². The molecule has 0 aliphatic heterocycles. The minimum absolute atomic E-state index is 0.305. The highest BCUT2D eigenvalue weighted by atomic mass is 32.2. The second kappa shape index (κ2) is 6.83. The van der Waals surface area contributed by atoms with Gasteiger partial charge in [0.05, 0.1) is 12.0 Å². The number of methoxy groups -OCH3 is 1. The highest BCUT2D eigenvalue weighted by molar-refractivity contribution is 8.03. The van der Waals surface area contributed by atoms with E-state index in [1.165, 1.54) is 17.2 Å². The number of benzene rings is 2. The van der Waals surface area contributed by atoms with Crippen molar-refractivity contribution in [2.45, 2.75) is 16.7 Å². The van der Waals surface area contributed by atoms with Gasteiger partial charge in [-0.25, -0.2) is 8.42 Å². The Morgan fingerprint density at radius 1 is 1.00 bits per heavy atom. The van der Waals surface area contributed by atoms with Crippen LogP contribution < -0.4 is 4.74 Å². The normalized spacial score (nSPS) is 11.7. The van der Waals surface area contributed by atoms with Gasteiger partial charge in [0.15, 0.2) is 9.84 Å². The number of ether oxygens (including phenoxy) is 1. The van der Waals surface area contributed by atoms with Crippen molar-refractivity contribution < 1.29 is 13.2 Å². The minimum atomic E-state index is -3.39. The second-order valence-corrected chi connectivity index (χ2v) is 7.24. The lowest BCUT2D eigenvalue weighted by molar-refractivity contribution is 0.414. The fourth-order valence-electron chi connectivity index (χ4n) is 1.64. The summed E-state index contributed by atoms with van der Waals surface area (Å²) in [7, 11) is -1.78. The van der Waals surface area contributed by atoms with Gasteiger partial charge in [-0.2, -0.15) is 0 Å². The molecule has 0 atom stereocenters. The Bertz CT molecular complexity index is 715. The molecule has 2 aromatic carbocycles. The molecule has 110 valence electrons. The Balaban J connectivity index is 2.07. The van der Waals surface area contributed by atoms with Crippen LogP contribution in [-0.2, 0) is 9.84 Å². The summed E-state index contributed by atoms with van der Waals surface area (Å²) < 4.78 is 29.3. The van der Waals surface area contributed by atoms with Crippen molar-refractivity contribution in [1.29, 1.82) is 0 Å². The van der Waals surface area contributed by atoms with Gasteiger partial charge >= 0.3 is 0 Å². The number of rotatable bonds is 5. The molecule has 0 aliphatic carbocycles. The zero-order chi connectivity index (χ0) is 15.3. The first-order valence-corrected chi connectivity index (χ1v) is 8.73. The Hall–Kier alpha value is -1.72. The van der Waals surface area contributed by atoms with Crippen molar-refractivity contribution in [2.24, 2.45) is 0 Å². The van der Waals surface area contributed by atoms with Crippen molar-refractivity contribution in [1.82, 2.24) is 0 Å². The molecule has 0 spiro atoms. The summed E-state index contributed by atoms with van der Waals surface area (Å²) in [6.07, 6.45) is 0. The molecule has 0 aliphatic rings. The molecule has 5 heteroatoms. The number of hydrogen-bond donors (Lipinski definition) is 0. The molecule has 2 rings (SSSR count). The van der Waals surface area contributed by atoms with Crippen LogP contribution in [0.1, 0.15) is 5.56 Å². The summed E-state index contributed by atoms with van der Waals surface area (Å²) in [5.41, 5.74) is 1.03. The van der Waals surface area contributed by atoms with E-state index in [0.717, 1.165) is 16.2 Å². The summed E-state index contributed by atoms with van der Waals surface area (Å²) in [5.74, 6) is 0.774. The van der Waals surface area contributed by atoms with Crippen molar-refractivity contribution >= 4 is 21.6 Å². The first-order chi connectivity index (χ1) is 10.0.